The van der Waals surface area contributed by atoms with E-state index in [-0.39, 0.29) is 11.3 Å². The van der Waals surface area contributed by atoms with Gasteiger partial charge in [-0.1, -0.05) is 31.6 Å². The van der Waals surface area contributed by atoms with Crippen molar-refractivity contribution in [3.63, 3.8) is 0 Å². The molecular formula is C20H32O3. The normalized spacial score (nSPS) is 39.8. The number of hydrogen-bond acceptors (Lipinski definition) is 2. The van der Waals surface area contributed by atoms with Crippen molar-refractivity contribution in [1.29, 1.82) is 0 Å². The number of aliphatic carboxylic acids is 1. The van der Waals surface area contributed by atoms with Crippen LogP contribution in [-0.4, -0.2) is 21.8 Å². The molecule has 0 amide bonds. The van der Waals surface area contributed by atoms with Crippen LogP contribution in [0.1, 0.15) is 66.2 Å². The lowest BCUT2D eigenvalue weighted by Crippen LogP contribution is -2.47. The summed E-state index contributed by atoms with van der Waals surface area (Å²) in [5.74, 6) is -0.0338. The Hall–Kier alpha value is -1.09. The SMILES string of the molecule is C=CC(C)(O)CC[C@]1(C)C2=CCCC(C)(C(=O)O)[C@H]2CC[C@H]1C. The molecule has 5 atom stereocenters. The quantitative estimate of drug-likeness (QED) is 0.730. The van der Waals surface area contributed by atoms with Gasteiger partial charge in [-0.25, -0.2) is 0 Å². The molecule has 3 nitrogen and oxygen atoms in total. The monoisotopic (exact) mass is 320 g/mol. The average Bonchev–Trinajstić information content (AvgIpc) is 2.50. The average molecular weight is 320 g/mol. The van der Waals surface area contributed by atoms with Crippen LogP contribution in [0.3, 0.4) is 0 Å². The molecule has 2 N–H and O–H groups in total. The zero-order valence-electron chi connectivity index (χ0n) is 15.1. The number of rotatable bonds is 5. The number of hydrogen-bond donors (Lipinski definition) is 2. The van der Waals surface area contributed by atoms with Crippen molar-refractivity contribution in [3.8, 4) is 0 Å². The minimum absolute atomic E-state index is 0.0347. The minimum Gasteiger partial charge on any atom is -0.481 e. The minimum atomic E-state index is -0.860. The lowest BCUT2D eigenvalue weighted by Gasteiger charge is -2.53. The Balaban J connectivity index is 2.33. The Kier molecular flexibility index (Phi) is 4.83. The Bertz CT molecular complexity index is 519. The molecule has 2 aliphatic rings. The van der Waals surface area contributed by atoms with Gasteiger partial charge in [-0.2, -0.15) is 0 Å². The molecule has 0 spiro atoms. The smallest absolute Gasteiger partial charge is 0.309 e. The molecule has 0 heterocycles. The van der Waals surface area contributed by atoms with Gasteiger partial charge in [0.1, 0.15) is 0 Å². The Labute approximate surface area is 140 Å². The Morgan fingerprint density at radius 2 is 2.13 bits per heavy atom. The fraction of sp³-hybridized carbons (Fsp3) is 0.750. The second-order valence-electron chi connectivity index (χ2n) is 8.43. The summed E-state index contributed by atoms with van der Waals surface area (Å²) in [5.41, 5.74) is -0.215. The highest BCUT2D eigenvalue weighted by Crippen LogP contribution is 2.58. The van der Waals surface area contributed by atoms with Crippen LogP contribution in [0.15, 0.2) is 24.3 Å². The van der Waals surface area contributed by atoms with Crippen molar-refractivity contribution in [3.05, 3.63) is 24.3 Å². The van der Waals surface area contributed by atoms with Crippen molar-refractivity contribution >= 4 is 5.97 Å². The Morgan fingerprint density at radius 1 is 1.48 bits per heavy atom. The molecule has 2 aliphatic carbocycles. The molecule has 0 aromatic carbocycles. The molecule has 0 aliphatic heterocycles. The molecule has 3 heteroatoms. The summed E-state index contributed by atoms with van der Waals surface area (Å²) in [6.07, 6.45) is 9.02. The van der Waals surface area contributed by atoms with Gasteiger partial charge in [0.15, 0.2) is 0 Å². The van der Waals surface area contributed by atoms with Crippen LogP contribution in [0.2, 0.25) is 0 Å². The zero-order chi connectivity index (χ0) is 17.5. The van der Waals surface area contributed by atoms with E-state index in [2.05, 4.69) is 26.5 Å². The van der Waals surface area contributed by atoms with Crippen molar-refractivity contribution in [2.24, 2.45) is 22.7 Å². The number of carbonyl (C=O) groups is 1. The van der Waals surface area contributed by atoms with E-state index in [0.717, 1.165) is 32.1 Å². The van der Waals surface area contributed by atoms with Gasteiger partial charge in [0.05, 0.1) is 11.0 Å². The highest BCUT2D eigenvalue weighted by atomic mass is 16.4. The van der Waals surface area contributed by atoms with Gasteiger partial charge in [-0.15, -0.1) is 6.58 Å². The predicted octanol–water partition coefficient (Wildman–Crippen LogP) is 4.57. The molecule has 2 rings (SSSR count). The molecular weight excluding hydrogens is 288 g/mol. The number of allylic oxidation sites excluding steroid dienone is 2. The van der Waals surface area contributed by atoms with Gasteiger partial charge in [0, 0.05) is 0 Å². The number of carboxylic acids is 1. The van der Waals surface area contributed by atoms with Crippen LogP contribution < -0.4 is 0 Å². The first-order valence-corrected chi connectivity index (χ1v) is 8.87. The van der Waals surface area contributed by atoms with Crippen LogP contribution in [0.5, 0.6) is 0 Å². The van der Waals surface area contributed by atoms with Gasteiger partial charge < -0.3 is 10.2 Å². The molecule has 0 saturated heterocycles. The van der Waals surface area contributed by atoms with E-state index >= 15 is 0 Å². The first-order valence-electron chi connectivity index (χ1n) is 8.87. The van der Waals surface area contributed by atoms with Gasteiger partial charge in [-0.3, -0.25) is 4.79 Å². The predicted molar refractivity (Wildman–Crippen MR) is 93.1 cm³/mol. The standard InChI is InChI=1S/C20H32O3/c1-6-18(3,23)12-13-19(4)14(2)9-10-16-15(19)8-7-11-20(16,5)17(21)22/h6,8,14,16,23H,1,7,9-13H2,2-5H3,(H,21,22)/t14-,16+,18?,19+,20?/m1/s1. The number of carboxylic acid groups (broad SMARTS) is 1. The maximum Gasteiger partial charge on any atom is 0.309 e. The highest BCUT2D eigenvalue weighted by molar-refractivity contribution is 5.75. The van der Waals surface area contributed by atoms with E-state index < -0.39 is 17.0 Å². The molecule has 23 heavy (non-hydrogen) atoms. The molecule has 1 fully saturated rings. The summed E-state index contributed by atoms with van der Waals surface area (Å²) in [4.78, 5) is 11.9. The van der Waals surface area contributed by atoms with Crippen molar-refractivity contribution in [2.45, 2.75) is 71.8 Å². The lowest BCUT2D eigenvalue weighted by molar-refractivity contribution is -0.153. The van der Waals surface area contributed by atoms with Crippen LogP contribution in [-0.2, 0) is 4.79 Å². The van der Waals surface area contributed by atoms with E-state index in [9.17, 15) is 15.0 Å². The molecule has 2 unspecified atom stereocenters. The van der Waals surface area contributed by atoms with Crippen molar-refractivity contribution in [2.75, 3.05) is 0 Å². The van der Waals surface area contributed by atoms with Gasteiger partial charge >= 0.3 is 5.97 Å². The van der Waals surface area contributed by atoms with Crippen molar-refractivity contribution in [1.82, 2.24) is 0 Å². The number of fused-ring (bicyclic) bond motifs is 1. The summed E-state index contributed by atoms with van der Waals surface area (Å²) < 4.78 is 0. The first kappa shape index (κ1) is 18.3. The molecule has 0 bridgehead atoms. The number of aliphatic hydroxyl groups is 1. The van der Waals surface area contributed by atoms with Crippen LogP contribution >= 0.6 is 0 Å². The second kappa shape index (κ2) is 6.08. The fourth-order valence-corrected chi connectivity index (χ4v) is 4.57. The first-order chi connectivity index (χ1) is 10.6. The third kappa shape index (κ3) is 3.13. The summed E-state index contributed by atoms with van der Waals surface area (Å²) in [6, 6.07) is 0. The van der Waals surface area contributed by atoms with Gasteiger partial charge in [0.2, 0.25) is 0 Å². The van der Waals surface area contributed by atoms with E-state index in [1.165, 1.54) is 5.57 Å². The lowest BCUT2D eigenvalue weighted by atomic mass is 9.51. The van der Waals surface area contributed by atoms with Gasteiger partial charge in [-0.05, 0) is 69.6 Å². The van der Waals surface area contributed by atoms with E-state index in [1.54, 1.807) is 13.0 Å². The van der Waals surface area contributed by atoms with Gasteiger partial charge in [0.25, 0.3) is 0 Å². The fourth-order valence-electron chi connectivity index (χ4n) is 4.57. The molecule has 0 aromatic heterocycles. The van der Waals surface area contributed by atoms with Crippen LogP contribution in [0.25, 0.3) is 0 Å². The summed E-state index contributed by atoms with van der Waals surface area (Å²) in [7, 11) is 0. The van der Waals surface area contributed by atoms with E-state index in [4.69, 9.17) is 0 Å². The zero-order valence-corrected chi connectivity index (χ0v) is 15.1. The third-order valence-electron chi connectivity index (χ3n) is 6.89. The van der Waals surface area contributed by atoms with E-state index in [1.807, 2.05) is 6.92 Å². The van der Waals surface area contributed by atoms with Crippen LogP contribution in [0.4, 0.5) is 0 Å². The Morgan fingerprint density at radius 3 is 2.70 bits per heavy atom. The summed E-state index contributed by atoms with van der Waals surface area (Å²) in [6.45, 7) is 12.0. The maximum absolute atomic E-state index is 11.9. The largest absolute Gasteiger partial charge is 0.481 e. The second-order valence-corrected chi connectivity index (χ2v) is 8.43. The van der Waals surface area contributed by atoms with E-state index in [0.29, 0.717) is 12.3 Å². The molecule has 130 valence electrons. The van der Waals surface area contributed by atoms with Crippen LogP contribution in [0, 0.1) is 22.7 Å². The molecule has 0 aromatic rings. The topological polar surface area (TPSA) is 57.5 Å². The third-order valence-corrected chi connectivity index (χ3v) is 6.89. The van der Waals surface area contributed by atoms with Crippen molar-refractivity contribution < 1.29 is 15.0 Å². The maximum atomic E-state index is 11.9. The highest BCUT2D eigenvalue weighted by Gasteiger charge is 2.52. The summed E-state index contributed by atoms with van der Waals surface area (Å²) >= 11 is 0. The molecule has 0 radical (unpaired) electrons. The summed E-state index contributed by atoms with van der Waals surface area (Å²) in [5, 5.41) is 20.1. The molecule has 1 saturated carbocycles.